The van der Waals surface area contributed by atoms with Crippen LogP contribution in [0.25, 0.3) is 0 Å². The zero-order chi connectivity index (χ0) is 9.97. The lowest BCUT2D eigenvalue weighted by Crippen LogP contribution is -2.06. The van der Waals surface area contributed by atoms with E-state index in [9.17, 15) is 0 Å². The van der Waals surface area contributed by atoms with Crippen LogP contribution in [0.4, 0.5) is 0 Å². The molecule has 0 spiro atoms. The number of rotatable bonds is 2. The average molecular weight is 194 g/mol. The molecule has 0 saturated carbocycles. The van der Waals surface area contributed by atoms with Crippen LogP contribution in [-0.2, 0) is 11.3 Å². The van der Waals surface area contributed by atoms with Crippen LogP contribution in [0.3, 0.4) is 0 Å². The highest BCUT2D eigenvalue weighted by molar-refractivity contribution is 5.04. The molecule has 1 fully saturated rings. The molecule has 2 unspecified atom stereocenters. The lowest BCUT2D eigenvalue weighted by atomic mass is 10.2. The van der Waals surface area contributed by atoms with Crippen LogP contribution in [0.2, 0.25) is 0 Å². The standard InChI is InChI=1S/C10H14N2O2/c1-7-2-3-9(14-7)10-11-5-4-8(6-13)12-10/h4-5,7,9,13H,2-3,6H2,1H3. The molecule has 1 saturated heterocycles. The second kappa shape index (κ2) is 4.02. The first-order chi connectivity index (χ1) is 6.79. The number of hydrogen-bond donors (Lipinski definition) is 1. The van der Waals surface area contributed by atoms with Gasteiger partial charge in [-0.2, -0.15) is 0 Å². The molecule has 1 aliphatic heterocycles. The first kappa shape index (κ1) is 9.55. The highest BCUT2D eigenvalue weighted by atomic mass is 16.5. The average Bonchev–Trinajstić information content (AvgIpc) is 2.65. The summed E-state index contributed by atoms with van der Waals surface area (Å²) in [6, 6.07) is 1.71. The number of aromatic nitrogens is 2. The Hall–Kier alpha value is -1.00. The summed E-state index contributed by atoms with van der Waals surface area (Å²) in [5.74, 6) is 0.695. The fraction of sp³-hybridized carbons (Fsp3) is 0.600. The van der Waals surface area contributed by atoms with Crippen LogP contribution in [-0.4, -0.2) is 21.2 Å². The minimum atomic E-state index is -0.0439. The Labute approximate surface area is 83.0 Å². The molecule has 1 N–H and O–H groups in total. The third-order valence-corrected chi connectivity index (χ3v) is 2.41. The van der Waals surface area contributed by atoms with E-state index in [0.29, 0.717) is 17.6 Å². The topological polar surface area (TPSA) is 55.2 Å². The number of aliphatic hydroxyl groups is 1. The molecule has 1 aromatic heterocycles. The Morgan fingerprint density at radius 3 is 3.07 bits per heavy atom. The van der Waals surface area contributed by atoms with E-state index >= 15 is 0 Å². The maximum absolute atomic E-state index is 8.93. The molecule has 14 heavy (non-hydrogen) atoms. The second-order valence-electron chi connectivity index (χ2n) is 3.58. The van der Waals surface area contributed by atoms with Gasteiger partial charge in [0.25, 0.3) is 0 Å². The molecule has 2 rings (SSSR count). The minimum Gasteiger partial charge on any atom is -0.390 e. The lowest BCUT2D eigenvalue weighted by Gasteiger charge is -2.09. The van der Waals surface area contributed by atoms with Crippen molar-refractivity contribution in [3.8, 4) is 0 Å². The highest BCUT2D eigenvalue weighted by Crippen LogP contribution is 2.30. The number of aliphatic hydroxyl groups excluding tert-OH is 1. The molecule has 2 atom stereocenters. The third kappa shape index (κ3) is 1.91. The van der Waals surface area contributed by atoms with Gasteiger partial charge < -0.3 is 9.84 Å². The Kier molecular flexibility index (Phi) is 2.74. The van der Waals surface area contributed by atoms with Crippen molar-refractivity contribution in [3.05, 3.63) is 23.8 Å². The fourth-order valence-electron chi connectivity index (χ4n) is 1.65. The van der Waals surface area contributed by atoms with Crippen molar-refractivity contribution in [2.75, 3.05) is 0 Å². The van der Waals surface area contributed by atoms with E-state index in [1.54, 1.807) is 12.3 Å². The zero-order valence-corrected chi connectivity index (χ0v) is 8.18. The summed E-state index contributed by atoms with van der Waals surface area (Å²) in [6.45, 7) is 2.01. The summed E-state index contributed by atoms with van der Waals surface area (Å²) < 4.78 is 5.64. The molecule has 4 nitrogen and oxygen atoms in total. The van der Waals surface area contributed by atoms with Gasteiger partial charge in [-0.1, -0.05) is 0 Å². The molecule has 4 heteroatoms. The summed E-state index contributed by atoms with van der Waals surface area (Å²) >= 11 is 0. The largest absolute Gasteiger partial charge is 0.390 e. The second-order valence-corrected chi connectivity index (χ2v) is 3.58. The van der Waals surface area contributed by atoms with E-state index in [1.807, 2.05) is 0 Å². The van der Waals surface area contributed by atoms with E-state index in [4.69, 9.17) is 9.84 Å². The molecule has 0 amide bonds. The molecule has 0 bridgehead atoms. The summed E-state index contributed by atoms with van der Waals surface area (Å²) in [6.07, 6.45) is 3.99. The van der Waals surface area contributed by atoms with Crippen LogP contribution in [0.1, 0.15) is 37.4 Å². The van der Waals surface area contributed by atoms with Gasteiger partial charge in [0, 0.05) is 6.20 Å². The van der Waals surface area contributed by atoms with Crippen LogP contribution >= 0.6 is 0 Å². The van der Waals surface area contributed by atoms with Gasteiger partial charge in [0.15, 0.2) is 5.82 Å². The van der Waals surface area contributed by atoms with E-state index in [1.165, 1.54) is 0 Å². The fourth-order valence-corrected chi connectivity index (χ4v) is 1.65. The van der Waals surface area contributed by atoms with Crippen molar-refractivity contribution >= 4 is 0 Å². The van der Waals surface area contributed by atoms with Crippen molar-refractivity contribution in [3.63, 3.8) is 0 Å². The predicted molar refractivity (Wildman–Crippen MR) is 50.5 cm³/mol. The van der Waals surface area contributed by atoms with Crippen LogP contribution < -0.4 is 0 Å². The third-order valence-electron chi connectivity index (χ3n) is 2.41. The van der Waals surface area contributed by atoms with E-state index in [-0.39, 0.29) is 12.7 Å². The van der Waals surface area contributed by atoms with Crippen LogP contribution in [0, 0.1) is 0 Å². The van der Waals surface area contributed by atoms with E-state index < -0.39 is 0 Å². The summed E-state index contributed by atoms with van der Waals surface area (Å²) in [7, 11) is 0. The van der Waals surface area contributed by atoms with Crippen molar-refractivity contribution in [2.24, 2.45) is 0 Å². The molecule has 0 aliphatic carbocycles. The highest BCUT2D eigenvalue weighted by Gasteiger charge is 2.25. The van der Waals surface area contributed by atoms with Gasteiger partial charge in [-0.15, -0.1) is 0 Å². The summed E-state index contributed by atoms with van der Waals surface area (Å²) in [4.78, 5) is 8.38. The normalized spacial score (nSPS) is 26.7. The van der Waals surface area contributed by atoms with Gasteiger partial charge in [0.05, 0.1) is 18.4 Å². The molecular weight excluding hydrogens is 180 g/mol. The number of hydrogen-bond acceptors (Lipinski definition) is 4. The SMILES string of the molecule is CC1CCC(c2nccc(CO)n2)O1. The molecule has 0 aromatic carbocycles. The van der Waals surface area contributed by atoms with Gasteiger partial charge in [0.1, 0.15) is 6.10 Å². The predicted octanol–water partition coefficient (Wildman–Crippen LogP) is 1.21. The maximum atomic E-state index is 8.93. The van der Waals surface area contributed by atoms with Crippen molar-refractivity contribution in [2.45, 2.75) is 38.6 Å². The van der Waals surface area contributed by atoms with Gasteiger partial charge >= 0.3 is 0 Å². The monoisotopic (exact) mass is 194 g/mol. The molecule has 1 aliphatic rings. The maximum Gasteiger partial charge on any atom is 0.157 e. The number of ether oxygens (including phenoxy) is 1. The number of nitrogens with zero attached hydrogens (tertiary/aromatic N) is 2. The van der Waals surface area contributed by atoms with Crippen molar-refractivity contribution in [1.29, 1.82) is 0 Å². The molecule has 76 valence electrons. The first-order valence-electron chi connectivity index (χ1n) is 4.87. The van der Waals surface area contributed by atoms with Gasteiger partial charge in [-0.05, 0) is 25.8 Å². The molecule has 1 aromatic rings. The Morgan fingerprint density at radius 2 is 2.43 bits per heavy atom. The Morgan fingerprint density at radius 1 is 1.57 bits per heavy atom. The molecule has 0 radical (unpaired) electrons. The zero-order valence-electron chi connectivity index (χ0n) is 8.18. The van der Waals surface area contributed by atoms with Crippen LogP contribution in [0.5, 0.6) is 0 Å². The van der Waals surface area contributed by atoms with Gasteiger partial charge in [-0.3, -0.25) is 0 Å². The quantitative estimate of drug-likeness (QED) is 0.768. The van der Waals surface area contributed by atoms with Crippen molar-refractivity contribution < 1.29 is 9.84 Å². The van der Waals surface area contributed by atoms with E-state index in [0.717, 1.165) is 12.8 Å². The van der Waals surface area contributed by atoms with Gasteiger partial charge in [-0.25, -0.2) is 9.97 Å². The van der Waals surface area contributed by atoms with E-state index in [2.05, 4.69) is 16.9 Å². The summed E-state index contributed by atoms with van der Waals surface area (Å²) in [5, 5.41) is 8.93. The smallest absolute Gasteiger partial charge is 0.157 e. The summed E-state index contributed by atoms with van der Waals surface area (Å²) in [5.41, 5.74) is 0.651. The first-order valence-corrected chi connectivity index (χ1v) is 4.87. The molecular formula is C10H14N2O2. The minimum absolute atomic E-state index is 0.0106. The van der Waals surface area contributed by atoms with Crippen LogP contribution in [0.15, 0.2) is 12.3 Å². The molecule has 2 heterocycles. The van der Waals surface area contributed by atoms with Gasteiger partial charge in [0.2, 0.25) is 0 Å². The Balaban J connectivity index is 2.15. The Bertz CT molecular complexity index is 317. The van der Waals surface area contributed by atoms with Crippen molar-refractivity contribution in [1.82, 2.24) is 9.97 Å². The lowest BCUT2D eigenvalue weighted by molar-refractivity contribution is 0.0500.